The van der Waals surface area contributed by atoms with Gasteiger partial charge in [0.25, 0.3) is 0 Å². The van der Waals surface area contributed by atoms with Crippen molar-refractivity contribution in [1.82, 2.24) is 5.32 Å². The predicted octanol–water partition coefficient (Wildman–Crippen LogP) is 2.26. The first-order valence-corrected chi connectivity index (χ1v) is 5.53. The predicted molar refractivity (Wildman–Crippen MR) is 66.8 cm³/mol. The van der Waals surface area contributed by atoms with E-state index in [9.17, 15) is 9.59 Å². The maximum Gasteiger partial charge on any atom is 0.413 e. The Bertz CT molecular complexity index is 480. The largest absolute Gasteiger partial charge is 0.480 e. The van der Waals surface area contributed by atoms with Gasteiger partial charge in [-0.1, -0.05) is 12.1 Å². The molecule has 2 N–H and O–H groups in total. The minimum Gasteiger partial charge on any atom is -0.480 e. The van der Waals surface area contributed by atoms with Gasteiger partial charge < -0.3 is 15.2 Å². The molecule has 1 aromatic rings. The summed E-state index contributed by atoms with van der Waals surface area (Å²) in [5.41, 5.74) is 0.402. The van der Waals surface area contributed by atoms with Gasteiger partial charge in [-0.15, -0.1) is 0 Å². The molecule has 5 nitrogen and oxygen atoms in total. The van der Waals surface area contributed by atoms with Crippen LogP contribution in [0, 0.1) is 13.8 Å². The number of carbonyl (C=O) groups excluding carboxylic acids is 1. The second-order valence-electron chi connectivity index (χ2n) is 4.71. The van der Waals surface area contributed by atoms with Gasteiger partial charge in [0.15, 0.2) is 0 Å². The second kappa shape index (κ2) is 5.08. The van der Waals surface area contributed by atoms with E-state index in [-0.39, 0.29) is 0 Å². The average Bonchev–Trinajstić information content (AvgIpc) is 2.22. The molecule has 1 rings (SSSR count). The number of aryl methyl sites for hydroxylation is 2. The third kappa shape index (κ3) is 3.48. The Hall–Kier alpha value is -2.04. The molecule has 5 heteroatoms. The molecule has 18 heavy (non-hydrogen) atoms. The highest BCUT2D eigenvalue weighted by atomic mass is 16.6. The van der Waals surface area contributed by atoms with Crippen molar-refractivity contribution in [3.63, 3.8) is 0 Å². The van der Waals surface area contributed by atoms with Gasteiger partial charge in [-0.3, -0.25) is 0 Å². The summed E-state index contributed by atoms with van der Waals surface area (Å²) in [6.07, 6.45) is -0.781. The highest BCUT2D eigenvalue weighted by molar-refractivity contribution is 5.84. The number of hydrogen-bond donors (Lipinski definition) is 2. The summed E-state index contributed by atoms with van der Waals surface area (Å²) < 4.78 is 5.10. The van der Waals surface area contributed by atoms with Crippen molar-refractivity contribution in [3.8, 4) is 5.75 Å². The molecule has 0 saturated heterocycles. The molecule has 1 amide bonds. The van der Waals surface area contributed by atoms with E-state index >= 15 is 0 Å². The number of carbonyl (C=O) groups is 2. The van der Waals surface area contributed by atoms with Crippen molar-refractivity contribution in [3.05, 3.63) is 29.3 Å². The van der Waals surface area contributed by atoms with Gasteiger partial charge in [-0.2, -0.15) is 0 Å². The molecule has 0 radical (unpaired) electrons. The molecular weight excluding hydrogens is 234 g/mol. The highest BCUT2D eigenvalue weighted by Crippen LogP contribution is 2.19. The van der Waals surface area contributed by atoms with E-state index in [1.165, 1.54) is 13.8 Å². The first-order valence-electron chi connectivity index (χ1n) is 5.53. The zero-order chi connectivity index (χ0) is 13.9. The van der Waals surface area contributed by atoms with Gasteiger partial charge in [-0.25, -0.2) is 9.59 Å². The third-order valence-corrected chi connectivity index (χ3v) is 2.50. The van der Waals surface area contributed by atoms with Crippen LogP contribution in [0.5, 0.6) is 5.75 Å². The van der Waals surface area contributed by atoms with Crippen LogP contribution >= 0.6 is 0 Å². The molecule has 0 aliphatic rings. The fourth-order valence-corrected chi connectivity index (χ4v) is 1.25. The lowest BCUT2D eigenvalue weighted by Gasteiger charge is -2.20. The van der Waals surface area contributed by atoms with Crippen LogP contribution in [0.3, 0.4) is 0 Å². The molecule has 98 valence electrons. The molecule has 0 aliphatic heterocycles. The Morgan fingerprint density at radius 2 is 1.89 bits per heavy atom. The van der Waals surface area contributed by atoms with Gasteiger partial charge in [0.2, 0.25) is 0 Å². The second-order valence-corrected chi connectivity index (χ2v) is 4.71. The zero-order valence-corrected chi connectivity index (χ0v) is 10.9. The maximum atomic E-state index is 11.6. The van der Waals surface area contributed by atoms with Gasteiger partial charge in [0.05, 0.1) is 0 Å². The fraction of sp³-hybridized carbons (Fsp3) is 0.385. The number of hydrogen-bond acceptors (Lipinski definition) is 3. The summed E-state index contributed by atoms with van der Waals surface area (Å²) >= 11 is 0. The minimum absolute atomic E-state index is 0.425. The van der Waals surface area contributed by atoms with E-state index in [1.807, 2.05) is 26.0 Å². The zero-order valence-electron chi connectivity index (χ0n) is 10.9. The van der Waals surface area contributed by atoms with Crippen molar-refractivity contribution in [2.75, 3.05) is 0 Å². The van der Waals surface area contributed by atoms with Crippen LogP contribution in [-0.2, 0) is 4.79 Å². The summed E-state index contributed by atoms with van der Waals surface area (Å²) in [7, 11) is 0. The normalized spacial score (nSPS) is 10.9. The summed E-state index contributed by atoms with van der Waals surface area (Å²) in [6, 6.07) is 5.46. The van der Waals surface area contributed by atoms with Crippen LogP contribution in [0.1, 0.15) is 25.0 Å². The lowest BCUT2D eigenvalue weighted by Crippen LogP contribution is -2.50. The summed E-state index contributed by atoms with van der Waals surface area (Å²) in [5.74, 6) is -0.700. The monoisotopic (exact) mass is 251 g/mol. The minimum atomic E-state index is -1.37. The van der Waals surface area contributed by atoms with Crippen LogP contribution < -0.4 is 10.1 Å². The highest BCUT2D eigenvalue weighted by Gasteiger charge is 2.29. The smallest absolute Gasteiger partial charge is 0.413 e. The summed E-state index contributed by atoms with van der Waals surface area (Å²) in [4.78, 5) is 22.5. The SMILES string of the molecule is Cc1ccc(C)c(OC(=O)NC(C)(C)C(=O)O)c1. The Balaban J connectivity index is 2.77. The quantitative estimate of drug-likeness (QED) is 0.864. The molecule has 0 aliphatic carbocycles. The standard InChI is InChI=1S/C13H17NO4/c1-8-5-6-9(2)10(7-8)18-12(17)14-13(3,4)11(15)16/h5-7H,1-4H3,(H,14,17)(H,15,16). The molecular formula is C13H17NO4. The van der Waals surface area contributed by atoms with E-state index in [0.717, 1.165) is 11.1 Å². The number of aliphatic carboxylic acids is 1. The van der Waals surface area contributed by atoms with Gasteiger partial charge in [-0.05, 0) is 44.9 Å². The van der Waals surface area contributed by atoms with Crippen molar-refractivity contribution in [2.24, 2.45) is 0 Å². The third-order valence-electron chi connectivity index (χ3n) is 2.50. The molecule has 0 unspecified atom stereocenters. The molecule has 0 aromatic heterocycles. The molecule has 0 heterocycles. The Morgan fingerprint density at radius 1 is 1.28 bits per heavy atom. The Morgan fingerprint density at radius 3 is 2.44 bits per heavy atom. The number of carboxylic acids is 1. The molecule has 0 fully saturated rings. The number of amides is 1. The Kier molecular flexibility index (Phi) is 3.96. The molecule has 0 bridgehead atoms. The lowest BCUT2D eigenvalue weighted by atomic mass is 10.1. The van der Waals surface area contributed by atoms with E-state index in [4.69, 9.17) is 9.84 Å². The molecule has 1 aromatic carbocycles. The van der Waals surface area contributed by atoms with Gasteiger partial charge in [0, 0.05) is 0 Å². The lowest BCUT2D eigenvalue weighted by molar-refractivity contribution is -0.143. The van der Waals surface area contributed by atoms with Crippen LogP contribution in [0.25, 0.3) is 0 Å². The first kappa shape index (κ1) is 14.0. The van der Waals surface area contributed by atoms with E-state index in [0.29, 0.717) is 5.75 Å². The number of rotatable bonds is 3. The van der Waals surface area contributed by atoms with Crippen LogP contribution in [0.15, 0.2) is 18.2 Å². The van der Waals surface area contributed by atoms with E-state index in [2.05, 4.69) is 5.32 Å². The van der Waals surface area contributed by atoms with Crippen LogP contribution in [0.4, 0.5) is 4.79 Å². The van der Waals surface area contributed by atoms with Crippen LogP contribution in [-0.4, -0.2) is 22.7 Å². The summed E-state index contributed by atoms with van der Waals surface area (Å²) in [5, 5.41) is 11.2. The maximum absolute atomic E-state index is 11.6. The number of ether oxygens (including phenoxy) is 1. The number of carboxylic acid groups (broad SMARTS) is 1. The average molecular weight is 251 g/mol. The van der Waals surface area contributed by atoms with Gasteiger partial charge in [0.1, 0.15) is 11.3 Å². The van der Waals surface area contributed by atoms with Crippen molar-refractivity contribution < 1.29 is 19.4 Å². The van der Waals surface area contributed by atoms with E-state index in [1.54, 1.807) is 6.07 Å². The number of nitrogens with one attached hydrogen (secondary N) is 1. The van der Waals surface area contributed by atoms with Crippen LogP contribution in [0.2, 0.25) is 0 Å². The van der Waals surface area contributed by atoms with Gasteiger partial charge >= 0.3 is 12.1 Å². The Labute approximate surface area is 106 Å². The van der Waals surface area contributed by atoms with Crippen molar-refractivity contribution >= 4 is 12.1 Å². The van der Waals surface area contributed by atoms with Crippen molar-refractivity contribution in [1.29, 1.82) is 0 Å². The summed E-state index contributed by atoms with van der Waals surface area (Å²) in [6.45, 7) is 6.47. The fourth-order valence-electron chi connectivity index (χ4n) is 1.25. The van der Waals surface area contributed by atoms with E-state index < -0.39 is 17.6 Å². The molecule has 0 spiro atoms. The molecule has 0 atom stereocenters. The molecule has 0 saturated carbocycles. The topological polar surface area (TPSA) is 75.6 Å². The first-order chi connectivity index (χ1) is 8.22. The van der Waals surface area contributed by atoms with Crippen molar-refractivity contribution in [2.45, 2.75) is 33.2 Å². The number of benzene rings is 1.